The van der Waals surface area contributed by atoms with Crippen molar-refractivity contribution in [1.29, 1.82) is 0 Å². The van der Waals surface area contributed by atoms with Gasteiger partial charge < -0.3 is 15.7 Å². The molecule has 19 heavy (non-hydrogen) atoms. The number of amides is 1. The molecule has 0 aromatic heterocycles. The van der Waals surface area contributed by atoms with Crippen molar-refractivity contribution < 1.29 is 9.90 Å². The average molecular weight is 262 g/mol. The van der Waals surface area contributed by atoms with E-state index in [0.717, 1.165) is 37.8 Å². The Morgan fingerprint density at radius 2 is 2.16 bits per heavy atom. The van der Waals surface area contributed by atoms with E-state index in [1.807, 2.05) is 35.2 Å². The van der Waals surface area contributed by atoms with Crippen LogP contribution in [0, 0.1) is 0 Å². The van der Waals surface area contributed by atoms with Gasteiger partial charge in [-0.25, -0.2) is 0 Å². The molecule has 1 aromatic rings. The number of rotatable bonds is 5. The van der Waals surface area contributed by atoms with Crippen LogP contribution in [0.5, 0.6) is 0 Å². The van der Waals surface area contributed by atoms with Crippen LogP contribution in [0.3, 0.4) is 0 Å². The van der Waals surface area contributed by atoms with E-state index in [0.29, 0.717) is 0 Å². The third-order valence-electron chi connectivity index (χ3n) is 3.78. The zero-order valence-electron chi connectivity index (χ0n) is 11.2. The molecule has 1 aliphatic heterocycles. The van der Waals surface area contributed by atoms with Gasteiger partial charge >= 0.3 is 0 Å². The topological polar surface area (TPSA) is 66.6 Å². The molecular formula is C15H22N2O2. The van der Waals surface area contributed by atoms with Gasteiger partial charge in [-0.15, -0.1) is 0 Å². The number of nitrogens with zero attached hydrogens (tertiary/aromatic N) is 1. The minimum Gasteiger partial charge on any atom is -0.396 e. The molecule has 0 radical (unpaired) electrons. The zero-order valence-corrected chi connectivity index (χ0v) is 11.2. The Balaban J connectivity index is 2.02. The first-order valence-electron chi connectivity index (χ1n) is 6.96. The quantitative estimate of drug-likeness (QED) is 0.844. The fourth-order valence-corrected chi connectivity index (χ4v) is 2.73. The van der Waals surface area contributed by atoms with E-state index in [4.69, 9.17) is 10.8 Å². The van der Waals surface area contributed by atoms with Crippen LogP contribution in [0.15, 0.2) is 30.3 Å². The smallest absolute Gasteiger partial charge is 0.244 e. The Bertz CT molecular complexity index is 408. The van der Waals surface area contributed by atoms with Gasteiger partial charge in [0.15, 0.2) is 0 Å². The average Bonchev–Trinajstić information content (AvgIpc) is 2.92. The molecule has 1 aromatic carbocycles. The van der Waals surface area contributed by atoms with Crippen LogP contribution in [0.4, 0.5) is 0 Å². The maximum atomic E-state index is 12.5. The molecule has 2 rings (SSSR count). The van der Waals surface area contributed by atoms with Crippen LogP contribution in [-0.2, 0) is 4.79 Å². The lowest BCUT2D eigenvalue weighted by Crippen LogP contribution is -2.41. The summed E-state index contributed by atoms with van der Waals surface area (Å²) in [5.74, 6) is 0.00615. The molecule has 3 N–H and O–H groups in total. The summed E-state index contributed by atoms with van der Waals surface area (Å²) in [5.41, 5.74) is 6.93. The Morgan fingerprint density at radius 1 is 1.42 bits per heavy atom. The second-order valence-corrected chi connectivity index (χ2v) is 5.08. The van der Waals surface area contributed by atoms with E-state index in [1.165, 1.54) is 0 Å². The Kier molecular flexibility index (Phi) is 4.93. The second kappa shape index (κ2) is 6.68. The molecular weight excluding hydrogens is 240 g/mol. The standard InChI is InChI=1S/C15H22N2O2/c16-14(12-6-2-1-3-7-12)15(19)17-10-4-8-13(17)9-5-11-18/h1-3,6-7,13-14,18H,4-5,8-11,16H2. The summed E-state index contributed by atoms with van der Waals surface area (Å²) in [6.45, 7) is 0.971. The van der Waals surface area contributed by atoms with Crippen LogP contribution in [0.2, 0.25) is 0 Å². The number of aliphatic hydroxyl groups excluding tert-OH is 1. The molecule has 2 unspecified atom stereocenters. The van der Waals surface area contributed by atoms with Gasteiger partial charge in [-0.3, -0.25) is 4.79 Å². The van der Waals surface area contributed by atoms with Gasteiger partial charge in [0.2, 0.25) is 5.91 Å². The number of nitrogens with two attached hydrogens (primary N) is 1. The number of hydrogen-bond acceptors (Lipinski definition) is 3. The van der Waals surface area contributed by atoms with Crippen molar-refractivity contribution in [1.82, 2.24) is 4.90 Å². The van der Waals surface area contributed by atoms with Gasteiger partial charge in [-0.1, -0.05) is 30.3 Å². The highest BCUT2D eigenvalue weighted by atomic mass is 16.3. The van der Waals surface area contributed by atoms with Crippen molar-refractivity contribution in [3.05, 3.63) is 35.9 Å². The molecule has 0 spiro atoms. The van der Waals surface area contributed by atoms with E-state index >= 15 is 0 Å². The highest BCUT2D eigenvalue weighted by molar-refractivity contribution is 5.83. The first-order valence-corrected chi connectivity index (χ1v) is 6.96. The number of aliphatic hydroxyl groups is 1. The highest BCUT2D eigenvalue weighted by Gasteiger charge is 2.31. The summed E-state index contributed by atoms with van der Waals surface area (Å²) in [4.78, 5) is 14.4. The number of likely N-dealkylation sites (tertiary alicyclic amines) is 1. The molecule has 1 amide bonds. The number of carbonyl (C=O) groups is 1. The van der Waals surface area contributed by atoms with E-state index in [9.17, 15) is 4.79 Å². The molecule has 0 saturated carbocycles. The van der Waals surface area contributed by atoms with Crippen molar-refractivity contribution in [2.24, 2.45) is 5.73 Å². The predicted octanol–water partition coefficient (Wildman–Crippen LogP) is 1.45. The molecule has 4 nitrogen and oxygen atoms in total. The summed E-state index contributed by atoms with van der Waals surface area (Å²) in [6, 6.07) is 9.17. The van der Waals surface area contributed by atoms with Crippen LogP contribution < -0.4 is 5.73 Å². The van der Waals surface area contributed by atoms with Crippen LogP contribution >= 0.6 is 0 Å². The van der Waals surface area contributed by atoms with Crippen molar-refractivity contribution >= 4 is 5.91 Å². The largest absolute Gasteiger partial charge is 0.396 e. The third-order valence-corrected chi connectivity index (χ3v) is 3.78. The summed E-state index contributed by atoms with van der Waals surface area (Å²) in [7, 11) is 0. The number of carbonyl (C=O) groups excluding carboxylic acids is 1. The van der Waals surface area contributed by atoms with Gasteiger partial charge in [0, 0.05) is 19.2 Å². The van der Waals surface area contributed by atoms with Gasteiger partial charge in [0.05, 0.1) is 0 Å². The normalized spacial score (nSPS) is 20.5. The predicted molar refractivity (Wildman–Crippen MR) is 74.4 cm³/mol. The molecule has 104 valence electrons. The van der Waals surface area contributed by atoms with Gasteiger partial charge in [-0.05, 0) is 31.2 Å². The van der Waals surface area contributed by atoms with E-state index < -0.39 is 6.04 Å². The van der Waals surface area contributed by atoms with Gasteiger partial charge in [0.1, 0.15) is 6.04 Å². The minimum absolute atomic E-state index is 0.00615. The maximum Gasteiger partial charge on any atom is 0.244 e. The van der Waals surface area contributed by atoms with Crippen LogP contribution in [0.1, 0.15) is 37.3 Å². The van der Waals surface area contributed by atoms with Crippen molar-refractivity contribution in [2.45, 2.75) is 37.8 Å². The molecule has 0 bridgehead atoms. The lowest BCUT2D eigenvalue weighted by atomic mass is 10.0. The first-order chi connectivity index (χ1) is 9.24. The SMILES string of the molecule is NC(C(=O)N1CCCC1CCCO)c1ccccc1. The Hall–Kier alpha value is -1.39. The lowest BCUT2D eigenvalue weighted by molar-refractivity contribution is -0.133. The van der Waals surface area contributed by atoms with Crippen molar-refractivity contribution in [2.75, 3.05) is 13.2 Å². The molecule has 1 heterocycles. The first kappa shape index (κ1) is 14.0. The van der Waals surface area contributed by atoms with Crippen LogP contribution in [-0.4, -0.2) is 35.1 Å². The molecule has 1 saturated heterocycles. The molecule has 1 fully saturated rings. The van der Waals surface area contributed by atoms with Crippen molar-refractivity contribution in [3.63, 3.8) is 0 Å². The number of benzene rings is 1. The monoisotopic (exact) mass is 262 g/mol. The zero-order chi connectivity index (χ0) is 13.7. The van der Waals surface area contributed by atoms with Crippen molar-refractivity contribution in [3.8, 4) is 0 Å². The summed E-state index contributed by atoms with van der Waals surface area (Å²) in [6.07, 6.45) is 3.66. The highest BCUT2D eigenvalue weighted by Crippen LogP contribution is 2.24. The Morgan fingerprint density at radius 3 is 2.84 bits per heavy atom. The van der Waals surface area contributed by atoms with Crippen LogP contribution in [0.25, 0.3) is 0 Å². The molecule has 0 aliphatic carbocycles. The number of hydrogen-bond donors (Lipinski definition) is 2. The molecule has 1 aliphatic rings. The Labute approximate surface area is 114 Å². The second-order valence-electron chi connectivity index (χ2n) is 5.08. The maximum absolute atomic E-state index is 12.5. The van der Waals surface area contributed by atoms with Gasteiger partial charge in [-0.2, -0.15) is 0 Å². The summed E-state index contributed by atoms with van der Waals surface area (Å²) >= 11 is 0. The summed E-state index contributed by atoms with van der Waals surface area (Å²) in [5, 5.41) is 8.91. The minimum atomic E-state index is -0.573. The van der Waals surface area contributed by atoms with E-state index in [1.54, 1.807) is 0 Å². The molecule has 4 heteroatoms. The fraction of sp³-hybridized carbons (Fsp3) is 0.533. The fourth-order valence-electron chi connectivity index (χ4n) is 2.73. The third kappa shape index (κ3) is 3.33. The lowest BCUT2D eigenvalue weighted by Gasteiger charge is -2.27. The van der Waals surface area contributed by atoms with E-state index in [-0.39, 0.29) is 18.6 Å². The molecule has 2 atom stereocenters. The summed E-state index contributed by atoms with van der Waals surface area (Å²) < 4.78 is 0. The van der Waals surface area contributed by atoms with Gasteiger partial charge in [0.25, 0.3) is 0 Å². The van der Waals surface area contributed by atoms with E-state index in [2.05, 4.69) is 0 Å².